The Kier molecular flexibility index (Phi) is 6.65. The van der Waals surface area contributed by atoms with Crippen LogP contribution < -0.4 is 10.6 Å². The van der Waals surface area contributed by atoms with Gasteiger partial charge in [-0.05, 0) is 74.4 Å². The van der Waals surface area contributed by atoms with Gasteiger partial charge in [-0.1, -0.05) is 0 Å². The predicted molar refractivity (Wildman–Crippen MR) is 117 cm³/mol. The number of halogens is 1. The Balaban J connectivity index is 1.83. The van der Waals surface area contributed by atoms with Gasteiger partial charge < -0.3 is 15.2 Å². The third-order valence-electron chi connectivity index (χ3n) is 5.55. The van der Waals surface area contributed by atoms with Crippen molar-refractivity contribution in [2.24, 2.45) is 7.05 Å². The highest BCUT2D eigenvalue weighted by atomic mass is 32.2. The number of benzene rings is 1. The van der Waals surface area contributed by atoms with Crippen LogP contribution in [0.15, 0.2) is 18.2 Å². The number of amides is 2. The zero-order chi connectivity index (χ0) is 22.0. The average molecular weight is 432 g/mol. The van der Waals surface area contributed by atoms with E-state index in [-0.39, 0.29) is 17.6 Å². The van der Waals surface area contributed by atoms with Crippen molar-refractivity contribution in [1.82, 2.24) is 9.88 Å². The summed E-state index contributed by atoms with van der Waals surface area (Å²) in [7, 11) is 1.67. The number of ketones is 1. The van der Waals surface area contributed by atoms with E-state index >= 15 is 0 Å². The molecule has 1 aromatic heterocycles. The summed E-state index contributed by atoms with van der Waals surface area (Å²) in [5, 5.41) is 5.58. The van der Waals surface area contributed by atoms with Crippen LogP contribution in [-0.4, -0.2) is 39.7 Å². The number of rotatable bonds is 5. The number of anilines is 1. The Labute approximate surface area is 179 Å². The molecule has 0 unspecified atom stereocenters. The number of hydrogen-bond donors (Lipinski definition) is 2. The fourth-order valence-corrected chi connectivity index (χ4v) is 4.86. The van der Waals surface area contributed by atoms with Gasteiger partial charge >= 0.3 is 0 Å². The predicted octanol–water partition coefficient (Wildman–Crippen LogP) is 3.54. The fourth-order valence-electron chi connectivity index (χ4n) is 3.75. The van der Waals surface area contributed by atoms with Gasteiger partial charge in [0.15, 0.2) is 0 Å². The van der Waals surface area contributed by atoms with Gasteiger partial charge in [0.1, 0.15) is 5.82 Å². The summed E-state index contributed by atoms with van der Waals surface area (Å²) in [6, 6.07) is 4.32. The van der Waals surface area contributed by atoms with Crippen LogP contribution in [0, 0.1) is 26.6 Å². The Morgan fingerprint density at radius 2 is 1.80 bits per heavy atom. The van der Waals surface area contributed by atoms with Crippen LogP contribution in [0.2, 0.25) is 0 Å². The van der Waals surface area contributed by atoms with Crippen LogP contribution in [0.25, 0.3) is 0 Å². The highest BCUT2D eigenvalue weighted by molar-refractivity contribution is 7.99. The highest BCUT2D eigenvalue weighted by Gasteiger charge is 2.29. The lowest BCUT2D eigenvalue weighted by atomic mass is 10.1. The SMILES string of the molecule is Cc1cc(NC(=O)c2c(C)c(C(=O)C(=O)NC3CCSCC3)n(C)c2C)ccc1F. The van der Waals surface area contributed by atoms with E-state index in [0.717, 1.165) is 24.3 Å². The van der Waals surface area contributed by atoms with Crippen molar-refractivity contribution >= 4 is 35.0 Å². The van der Waals surface area contributed by atoms with Gasteiger partial charge in [0, 0.05) is 24.5 Å². The Bertz CT molecular complexity index is 1010. The van der Waals surface area contributed by atoms with E-state index in [1.54, 1.807) is 38.5 Å². The first kappa shape index (κ1) is 22.1. The number of hydrogen-bond acceptors (Lipinski definition) is 4. The average Bonchev–Trinajstić information content (AvgIpc) is 2.93. The van der Waals surface area contributed by atoms with Crippen LogP contribution >= 0.6 is 11.8 Å². The van der Waals surface area contributed by atoms with Gasteiger partial charge in [-0.2, -0.15) is 11.8 Å². The topological polar surface area (TPSA) is 80.2 Å². The Hall–Kier alpha value is -2.61. The number of carbonyl (C=O) groups is 3. The maximum absolute atomic E-state index is 13.5. The maximum Gasteiger partial charge on any atom is 0.294 e. The smallest absolute Gasteiger partial charge is 0.294 e. The lowest BCUT2D eigenvalue weighted by molar-refractivity contribution is -0.117. The first-order valence-corrected chi connectivity index (χ1v) is 11.0. The molecule has 0 atom stereocenters. The van der Waals surface area contributed by atoms with Gasteiger partial charge in [0.25, 0.3) is 17.6 Å². The van der Waals surface area contributed by atoms with Crippen molar-refractivity contribution in [2.75, 3.05) is 16.8 Å². The molecular weight excluding hydrogens is 405 g/mol. The van der Waals surface area contributed by atoms with Crippen LogP contribution in [0.4, 0.5) is 10.1 Å². The van der Waals surface area contributed by atoms with Crippen molar-refractivity contribution < 1.29 is 18.8 Å². The van der Waals surface area contributed by atoms with E-state index in [0.29, 0.717) is 28.1 Å². The van der Waals surface area contributed by atoms with Crippen molar-refractivity contribution in [2.45, 2.75) is 39.7 Å². The molecule has 3 rings (SSSR count). The normalized spacial score (nSPS) is 14.4. The lowest BCUT2D eigenvalue weighted by Gasteiger charge is -2.22. The van der Waals surface area contributed by atoms with E-state index in [2.05, 4.69) is 10.6 Å². The van der Waals surface area contributed by atoms with Crippen LogP contribution in [0.3, 0.4) is 0 Å². The molecule has 1 aliphatic heterocycles. The third kappa shape index (κ3) is 4.43. The van der Waals surface area contributed by atoms with E-state index in [4.69, 9.17) is 0 Å². The molecule has 30 heavy (non-hydrogen) atoms. The number of thioether (sulfide) groups is 1. The summed E-state index contributed by atoms with van der Waals surface area (Å²) in [5.74, 6) is -0.112. The van der Waals surface area contributed by atoms with Gasteiger partial charge in [-0.25, -0.2) is 4.39 Å². The Morgan fingerprint density at radius 3 is 2.43 bits per heavy atom. The standard InChI is InChI=1S/C22H26FN3O3S/c1-12-11-16(5-6-17(12)23)25-21(28)18-13(2)19(26(4)14(18)3)20(27)22(29)24-15-7-9-30-10-8-15/h5-6,11,15H,7-10H2,1-4H3,(H,24,29)(H,25,28). The molecule has 1 aliphatic rings. The zero-order valence-electron chi connectivity index (χ0n) is 17.6. The molecule has 2 aromatic rings. The summed E-state index contributed by atoms with van der Waals surface area (Å²) in [6.07, 6.45) is 1.69. The van der Waals surface area contributed by atoms with Crippen molar-refractivity contribution in [3.05, 3.63) is 52.1 Å². The molecule has 0 bridgehead atoms. The van der Waals surface area contributed by atoms with E-state index in [1.165, 1.54) is 12.1 Å². The summed E-state index contributed by atoms with van der Waals surface area (Å²) >= 11 is 1.84. The molecule has 1 fully saturated rings. The molecule has 2 heterocycles. The number of aromatic nitrogens is 1. The molecule has 0 radical (unpaired) electrons. The van der Waals surface area contributed by atoms with Gasteiger partial charge in [-0.3, -0.25) is 14.4 Å². The molecule has 0 saturated carbocycles. The van der Waals surface area contributed by atoms with Crippen LogP contribution in [0.5, 0.6) is 0 Å². The number of nitrogens with zero attached hydrogens (tertiary/aromatic N) is 1. The minimum atomic E-state index is -0.645. The molecule has 0 aliphatic carbocycles. The maximum atomic E-state index is 13.5. The quantitative estimate of drug-likeness (QED) is 0.561. The minimum absolute atomic E-state index is 0.00820. The van der Waals surface area contributed by atoms with Gasteiger partial charge in [0.2, 0.25) is 0 Å². The summed E-state index contributed by atoms with van der Waals surface area (Å²) in [5.41, 5.74) is 2.45. The number of Topliss-reactive ketones (excluding diaryl/α,β-unsaturated/α-hetero) is 1. The number of nitrogens with one attached hydrogen (secondary N) is 2. The second kappa shape index (κ2) is 9.04. The zero-order valence-corrected chi connectivity index (χ0v) is 18.4. The molecule has 160 valence electrons. The van der Waals surface area contributed by atoms with Crippen molar-refractivity contribution in [3.8, 4) is 0 Å². The summed E-state index contributed by atoms with van der Waals surface area (Å²) in [4.78, 5) is 38.3. The van der Waals surface area contributed by atoms with E-state index < -0.39 is 17.6 Å². The van der Waals surface area contributed by atoms with Crippen LogP contribution in [-0.2, 0) is 11.8 Å². The molecule has 6 nitrogen and oxygen atoms in total. The molecule has 1 saturated heterocycles. The third-order valence-corrected chi connectivity index (χ3v) is 6.60. The minimum Gasteiger partial charge on any atom is -0.346 e. The van der Waals surface area contributed by atoms with Gasteiger partial charge in [0.05, 0.1) is 11.3 Å². The fraction of sp³-hybridized carbons (Fsp3) is 0.409. The van der Waals surface area contributed by atoms with E-state index in [9.17, 15) is 18.8 Å². The first-order chi connectivity index (χ1) is 14.2. The number of carbonyl (C=O) groups excluding carboxylic acids is 3. The molecule has 1 aromatic carbocycles. The molecule has 8 heteroatoms. The molecule has 0 spiro atoms. The lowest BCUT2D eigenvalue weighted by Crippen LogP contribution is -2.41. The van der Waals surface area contributed by atoms with E-state index in [1.807, 2.05) is 11.8 Å². The van der Waals surface area contributed by atoms with Crippen molar-refractivity contribution in [1.29, 1.82) is 0 Å². The Morgan fingerprint density at radius 1 is 1.13 bits per heavy atom. The highest BCUT2D eigenvalue weighted by Crippen LogP contribution is 2.24. The second-order valence-electron chi connectivity index (χ2n) is 7.60. The molecule has 2 N–H and O–H groups in total. The molecule has 2 amide bonds. The second-order valence-corrected chi connectivity index (χ2v) is 8.83. The number of aryl methyl sites for hydroxylation is 1. The largest absolute Gasteiger partial charge is 0.346 e. The van der Waals surface area contributed by atoms with Gasteiger partial charge in [-0.15, -0.1) is 0 Å². The van der Waals surface area contributed by atoms with Crippen LogP contribution in [0.1, 0.15) is 50.5 Å². The summed E-state index contributed by atoms with van der Waals surface area (Å²) in [6.45, 7) is 5.00. The molecular formula is C22H26FN3O3S. The van der Waals surface area contributed by atoms with Crippen molar-refractivity contribution in [3.63, 3.8) is 0 Å². The monoisotopic (exact) mass is 431 g/mol. The summed E-state index contributed by atoms with van der Waals surface area (Å²) < 4.78 is 15.1. The first-order valence-electron chi connectivity index (χ1n) is 9.87.